The van der Waals surface area contributed by atoms with Crippen molar-refractivity contribution in [3.8, 4) is 0 Å². The number of benzene rings is 1. The van der Waals surface area contributed by atoms with Crippen molar-refractivity contribution in [3.63, 3.8) is 0 Å². The number of carbonyl (C=O) groups is 1. The summed E-state index contributed by atoms with van der Waals surface area (Å²) in [6.07, 6.45) is 6.55. The molecule has 2 aromatic rings. The van der Waals surface area contributed by atoms with E-state index in [2.05, 4.69) is 10.3 Å². The van der Waals surface area contributed by atoms with Crippen molar-refractivity contribution >= 4 is 16.8 Å². The normalized spacial score (nSPS) is 18.1. The third-order valence-electron chi connectivity index (χ3n) is 4.20. The summed E-state index contributed by atoms with van der Waals surface area (Å²) < 4.78 is 0. The molecule has 0 aliphatic heterocycles. The molecule has 0 radical (unpaired) electrons. The first kappa shape index (κ1) is 13.2. The monoisotopic (exact) mass is 272 g/mol. The molecule has 1 fully saturated rings. The highest BCUT2D eigenvalue weighted by molar-refractivity contribution is 6.06. The van der Waals surface area contributed by atoms with Crippen LogP contribution in [0, 0.1) is 0 Å². The van der Waals surface area contributed by atoms with Gasteiger partial charge in [0.05, 0.1) is 11.2 Å². The van der Waals surface area contributed by atoms with E-state index < -0.39 is 5.60 Å². The highest BCUT2D eigenvalue weighted by Gasteiger charge is 2.29. The lowest BCUT2D eigenvalue weighted by molar-refractivity contribution is 0.00527. The van der Waals surface area contributed by atoms with Crippen LogP contribution in [0.15, 0.2) is 30.5 Å². The van der Waals surface area contributed by atoms with Crippen LogP contribution in [0.5, 0.6) is 0 Å². The fraction of sp³-hybridized carbons (Fsp3) is 0.438. The predicted octanol–water partition coefficient (Wildman–Crippen LogP) is 2.59. The summed E-state index contributed by atoms with van der Waals surface area (Å²) >= 11 is 0. The second-order valence-corrected chi connectivity index (χ2v) is 5.72. The lowest BCUT2D eigenvalue weighted by Gasteiger charge is -2.32. The minimum Gasteiger partial charge on any atom is -0.388 e. The van der Waals surface area contributed by atoms with Crippen molar-refractivity contribution < 1.29 is 9.90 Å². The predicted molar refractivity (Wildman–Crippen MR) is 78.7 cm³/mol. The summed E-state index contributed by atoms with van der Waals surface area (Å²) in [6, 6.07) is 7.73. The number of para-hydroxylation sites is 1. The van der Waals surface area contributed by atoms with E-state index in [1.807, 2.05) is 24.3 Å². The topological polar surface area (TPSA) is 65.1 Å². The molecule has 1 aliphatic rings. The number of hydrogen-bond donors (Lipinski definition) is 3. The molecular formula is C16H20N2O2. The molecule has 1 saturated carbocycles. The minimum absolute atomic E-state index is 0.124. The zero-order chi connectivity index (χ0) is 14.0. The Hall–Kier alpha value is -1.81. The first-order chi connectivity index (χ1) is 9.68. The van der Waals surface area contributed by atoms with Gasteiger partial charge in [-0.2, -0.15) is 0 Å². The Bertz CT molecular complexity index is 612. The second-order valence-electron chi connectivity index (χ2n) is 5.72. The van der Waals surface area contributed by atoms with E-state index >= 15 is 0 Å². The molecule has 1 heterocycles. The van der Waals surface area contributed by atoms with Crippen molar-refractivity contribution in [2.24, 2.45) is 0 Å². The standard InChI is InChI=1S/C16H20N2O2/c19-15(18-11-16(20)8-4-1-5-9-16)13-10-17-14-7-3-2-6-12(13)14/h2-3,6-7,10,17,20H,1,4-5,8-9,11H2,(H,18,19). The van der Waals surface area contributed by atoms with Gasteiger partial charge in [0.15, 0.2) is 0 Å². The van der Waals surface area contributed by atoms with Gasteiger partial charge in [0.25, 0.3) is 5.91 Å². The Morgan fingerprint density at radius 3 is 2.80 bits per heavy atom. The average Bonchev–Trinajstić information content (AvgIpc) is 2.90. The van der Waals surface area contributed by atoms with Gasteiger partial charge >= 0.3 is 0 Å². The Balaban J connectivity index is 1.70. The van der Waals surface area contributed by atoms with Gasteiger partial charge in [-0.25, -0.2) is 0 Å². The van der Waals surface area contributed by atoms with Crippen LogP contribution in [0.1, 0.15) is 42.5 Å². The van der Waals surface area contributed by atoms with Crippen molar-refractivity contribution in [2.45, 2.75) is 37.7 Å². The smallest absolute Gasteiger partial charge is 0.253 e. The van der Waals surface area contributed by atoms with E-state index in [-0.39, 0.29) is 5.91 Å². The highest BCUT2D eigenvalue weighted by atomic mass is 16.3. The molecule has 4 heteroatoms. The molecule has 4 nitrogen and oxygen atoms in total. The van der Waals surface area contributed by atoms with E-state index in [0.717, 1.165) is 36.6 Å². The largest absolute Gasteiger partial charge is 0.388 e. The van der Waals surface area contributed by atoms with Gasteiger partial charge in [0.1, 0.15) is 0 Å². The Morgan fingerprint density at radius 2 is 2.00 bits per heavy atom. The number of amides is 1. The third-order valence-corrected chi connectivity index (χ3v) is 4.20. The number of fused-ring (bicyclic) bond motifs is 1. The Kier molecular flexibility index (Phi) is 3.49. The SMILES string of the molecule is O=C(NCC1(O)CCCCC1)c1c[nH]c2ccccc12. The molecule has 0 spiro atoms. The number of aliphatic hydroxyl groups is 1. The first-order valence-corrected chi connectivity index (χ1v) is 7.25. The van der Waals surface area contributed by atoms with Crippen LogP contribution < -0.4 is 5.32 Å². The molecule has 0 atom stereocenters. The summed E-state index contributed by atoms with van der Waals surface area (Å²) in [6.45, 7) is 0.339. The van der Waals surface area contributed by atoms with Crippen LogP contribution in [0.3, 0.4) is 0 Å². The summed E-state index contributed by atoms with van der Waals surface area (Å²) in [5.41, 5.74) is 0.869. The lowest BCUT2D eigenvalue weighted by Crippen LogP contribution is -2.44. The average molecular weight is 272 g/mol. The maximum absolute atomic E-state index is 12.3. The number of aromatic amines is 1. The number of H-pyrrole nitrogens is 1. The Labute approximate surface area is 118 Å². The molecule has 3 N–H and O–H groups in total. The zero-order valence-electron chi connectivity index (χ0n) is 11.5. The zero-order valence-corrected chi connectivity index (χ0v) is 11.5. The van der Waals surface area contributed by atoms with Crippen molar-refractivity contribution in [1.29, 1.82) is 0 Å². The van der Waals surface area contributed by atoms with E-state index in [0.29, 0.717) is 12.1 Å². The van der Waals surface area contributed by atoms with Crippen LogP contribution in [0.25, 0.3) is 10.9 Å². The van der Waals surface area contributed by atoms with E-state index in [4.69, 9.17) is 0 Å². The molecule has 0 bridgehead atoms. The second kappa shape index (κ2) is 5.29. The summed E-state index contributed by atoms with van der Waals surface area (Å²) in [5.74, 6) is -0.124. The quantitative estimate of drug-likeness (QED) is 0.804. The lowest BCUT2D eigenvalue weighted by atomic mass is 9.85. The van der Waals surface area contributed by atoms with Crippen molar-refractivity contribution in [2.75, 3.05) is 6.54 Å². The van der Waals surface area contributed by atoms with Gasteiger partial charge < -0.3 is 15.4 Å². The van der Waals surface area contributed by atoms with Gasteiger partial charge in [0, 0.05) is 23.6 Å². The van der Waals surface area contributed by atoms with Gasteiger partial charge in [-0.05, 0) is 18.9 Å². The van der Waals surface area contributed by atoms with Crippen LogP contribution in [-0.2, 0) is 0 Å². The number of nitrogens with one attached hydrogen (secondary N) is 2. The van der Waals surface area contributed by atoms with Crippen LogP contribution in [0.2, 0.25) is 0 Å². The maximum Gasteiger partial charge on any atom is 0.253 e. The summed E-state index contributed by atoms with van der Waals surface area (Å²) in [5, 5.41) is 14.2. The third kappa shape index (κ3) is 2.56. The van der Waals surface area contributed by atoms with E-state index in [1.54, 1.807) is 6.20 Å². The van der Waals surface area contributed by atoms with Crippen LogP contribution in [-0.4, -0.2) is 28.1 Å². The fourth-order valence-electron chi connectivity index (χ4n) is 2.99. The number of hydrogen-bond acceptors (Lipinski definition) is 2. The first-order valence-electron chi connectivity index (χ1n) is 7.25. The molecule has 1 aromatic heterocycles. The number of aromatic nitrogens is 1. The van der Waals surface area contributed by atoms with E-state index in [9.17, 15) is 9.90 Å². The van der Waals surface area contributed by atoms with Gasteiger partial charge in [-0.1, -0.05) is 37.5 Å². The maximum atomic E-state index is 12.3. The van der Waals surface area contributed by atoms with Gasteiger partial charge in [0.2, 0.25) is 0 Å². The molecule has 3 rings (SSSR count). The van der Waals surface area contributed by atoms with Gasteiger partial charge in [-0.15, -0.1) is 0 Å². The van der Waals surface area contributed by atoms with Crippen LogP contribution in [0.4, 0.5) is 0 Å². The molecular weight excluding hydrogens is 252 g/mol. The summed E-state index contributed by atoms with van der Waals surface area (Å²) in [7, 11) is 0. The molecule has 1 aliphatic carbocycles. The van der Waals surface area contributed by atoms with E-state index in [1.165, 1.54) is 6.42 Å². The summed E-state index contributed by atoms with van der Waals surface area (Å²) in [4.78, 5) is 15.4. The molecule has 0 unspecified atom stereocenters. The van der Waals surface area contributed by atoms with Crippen LogP contribution >= 0.6 is 0 Å². The highest BCUT2D eigenvalue weighted by Crippen LogP contribution is 2.27. The number of carbonyl (C=O) groups excluding carboxylic acids is 1. The van der Waals surface area contributed by atoms with Crippen molar-refractivity contribution in [3.05, 3.63) is 36.0 Å². The molecule has 0 saturated heterocycles. The minimum atomic E-state index is -0.722. The Morgan fingerprint density at radius 1 is 1.25 bits per heavy atom. The van der Waals surface area contributed by atoms with Crippen molar-refractivity contribution in [1.82, 2.24) is 10.3 Å². The molecule has 20 heavy (non-hydrogen) atoms. The fourth-order valence-corrected chi connectivity index (χ4v) is 2.99. The molecule has 1 amide bonds. The van der Waals surface area contributed by atoms with Gasteiger partial charge in [-0.3, -0.25) is 4.79 Å². The number of rotatable bonds is 3. The molecule has 106 valence electrons. The molecule has 1 aromatic carbocycles.